The molecule has 4 rings (SSSR count). The molecule has 1 fully saturated rings. The molecule has 2 aromatic carbocycles. The van der Waals surface area contributed by atoms with Crippen LogP contribution >= 0.6 is 9.39 Å². The number of rotatable bonds is 6. The van der Waals surface area contributed by atoms with Crippen LogP contribution in [0.4, 0.5) is 10.5 Å². The number of hydrogen-bond acceptors (Lipinski definition) is 5. The first-order valence-electron chi connectivity index (χ1n) is 12.1. The third-order valence-corrected chi connectivity index (χ3v) is 7.85. The van der Waals surface area contributed by atoms with Gasteiger partial charge in [-0.25, -0.2) is 14.8 Å². The van der Waals surface area contributed by atoms with Crippen molar-refractivity contribution in [2.75, 3.05) is 25.5 Å². The predicted octanol–water partition coefficient (Wildman–Crippen LogP) is 5.36. The summed E-state index contributed by atoms with van der Waals surface area (Å²) >= 11 is 0. The van der Waals surface area contributed by atoms with Crippen LogP contribution in [0.2, 0.25) is 0 Å². The van der Waals surface area contributed by atoms with Crippen LogP contribution in [0.5, 0.6) is 0 Å². The maximum absolute atomic E-state index is 12.9. The minimum absolute atomic E-state index is 0.00659. The molecule has 1 aromatic heterocycles. The lowest BCUT2D eigenvalue weighted by Gasteiger charge is -2.50. The largest absolute Gasteiger partial charge is 0.324 e. The third kappa shape index (κ3) is 5.11. The molecule has 0 spiro atoms. The van der Waals surface area contributed by atoms with E-state index in [1.165, 1.54) is 5.56 Å². The highest BCUT2D eigenvalue weighted by atomic mass is 31.0. The Kier molecular flexibility index (Phi) is 7.68. The van der Waals surface area contributed by atoms with E-state index in [9.17, 15) is 10.1 Å². The molecule has 1 aliphatic carbocycles. The molecule has 0 bridgehead atoms. The molecule has 0 radical (unpaired) electrons. The minimum atomic E-state index is -0.220. The fraction of sp³-hybridized carbons (Fsp3) is 0.357. The smallest absolute Gasteiger partial charge is 0.322 e. The van der Waals surface area contributed by atoms with Crippen molar-refractivity contribution in [3.8, 4) is 17.5 Å². The molecule has 186 valence electrons. The fourth-order valence-corrected chi connectivity index (χ4v) is 5.44. The van der Waals surface area contributed by atoms with Crippen LogP contribution < -0.4 is 9.99 Å². The topological polar surface area (TPSA) is 85.1 Å². The van der Waals surface area contributed by atoms with Crippen LogP contribution in [0.15, 0.2) is 67.0 Å². The molecule has 2 amide bonds. The van der Waals surface area contributed by atoms with Gasteiger partial charge in [0, 0.05) is 17.6 Å². The van der Waals surface area contributed by atoms with Crippen LogP contribution in [0.3, 0.4) is 0 Å². The van der Waals surface area contributed by atoms with E-state index in [0.29, 0.717) is 29.2 Å². The molecule has 1 saturated carbocycles. The van der Waals surface area contributed by atoms with Gasteiger partial charge in [0.15, 0.2) is 5.82 Å². The van der Waals surface area contributed by atoms with E-state index in [1.807, 2.05) is 18.2 Å². The zero-order chi connectivity index (χ0) is 25.8. The van der Waals surface area contributed by atoms with Crippen LogP contribution in [0.25, 0.3) is 11.4 Å². The van der Waals surface area contributed by atoms with Gasteiger partial charge in [-0.2, -0.15) is 5.26 Å². The number of anilines is 1. The number of aromatic nitrogens is 2. The van der Waals surface area contributed by atoms with E-state index < -0.39 is 0 Å². The number of nitrogens with zero attached hydrogens (tertiary/aromatic N) is 5. The molecule has 1 heterocycles. The highest BCUT2D eigenvalue weighted by molar-refractivity contribution is 7.15. The lowest BCUT2D eigenvalue weighted by Crippen LogP contribution is -2.50. The SMILES string of the molecule is CN(C)C1(c2ccccc2)CCC(C)(CN(C(=O)NP)c2cnc(-c3ccccc3C#N)nc2)CC1. The standard InChI is InChI=1S/C28H33N6OP/c1-27(13-15-28(16-14-27,33(2)3)22-10-5-4-6-11-22)20-34(26(35)32-36)23-18-30-25(31-19-23)24-12-8-7-9-21(24)17-29/h4-12,18-19H,13-16,20,36H2,1-3H3,(H,32,35). The Morgan fingerprint density at radius 1 is 1.03 bits per heavy atom. The number of benzene rings is 2. The zero-order valence-corrected chi connectivity index (χ0v) is 22.3. The molecule has 1 aliphatic rings. The average Bonchev–Trinajstić information content (AvgIpc) is 2.92. The van der Waals surface area contributed by atoms with Crippen molar-refractivity contribution in [3.05, 3.63) is 78.1 Å². The number of carbonyl (C=O) groups is 1. The summed E-state index contributed by atoms with van der Waals surface area (Å²) in [7, 11) is 6.61. The van der Waals surface area contributed by atoms with Crippen molar-refractivity contribution in [2.45, 2.75) is 38.1 Å². The van der Waals surface area contributed by atoms with Gasteiger partial charge in [0.1, 0.15) is 0 Å². The zero-order valence-electron chi connectivity index (χ0n) is 21.1. The second kappa shape index (κ2) is 10.7. The van der Waals surface area contributed by atoms with Gasteiger partial charge in [-0.05, 0) is 72.3 Å². The Hall–Kier alpha value is -3.33. The molecule has 8 heteroatoms. The highest BCUT2D eigenvalue weighted by Gasteiger charge is 2.44. The van der Waals surface area contributed by atoms with Crippen LogP contribution in [-0.4, -0.2) is 41.5 Å². The summed E-state index contributed by atoms with van der Waals surface area (Å²) in [6.45, 7) is 2.82. The summed E-state index contributed by atoms with van der Waals surface area (Å²) in [4.78, 5) is 26.0. The Morgan fingerprint density at radius 3 is 2.22 bits per heavy atom. The van der Waals surface area contributed by atoms with Crippen molar-refractivity contribution in [1.82, 2.24) is 20.0 Å². The van der Waals surface area contributed by atoms with Crippen LogP contribution in [-0.2, 0) is 5.54 Å². The maximum Gasteiger partial charge on any atom is 0.324 e. The Morgan fingerprint density at radius 2 is 1.64 bits per heavy atom. The van der Waals surface area contributed by atoms with Gasteiger partial charge in [-0.3, -0.25) is 9.80 Å². The number of nitrogens with one attached hydrogen (secondary N) is 1. The Labute approximate surface area is 215 Å². The minimum Gasteiger partial charge on any atom is -0.322 e. The van der Waals surface area contributed by atoms with Gasteiger partial charge in [0.05, 0.1) is 29.7 Å². The molecule has 36 heavy (non-hydrogen) atoms. The molecule has 1 atom stereocenters. The maximum atomic E-state index is 12.9. The van der Waals surface area contributed by atoms with E-state index in [1.54, 1.807) is 23.4 Å². The predicted molar refractivity (Wildman–Crippen MR) is 146 cm³/mol. The number of hydrogen-bond donors (Lipinski definition) is 1. The van der Waals surface area contributed by atoms with Crippen molar-refractivity contribution >= 4 is 21.1 Å². The Bertz CT molecular complexity index is 1230. The summed E-state index contributed by atoms with van der Waals surface area (Å²) < 4.78 is 0. The van der Waals surface area contributed by atoms with Crippen molar-refractivity contribution < 1.29 is 4.79 Å². The lowest BCUT2D eigenvalue weighted by molar-refractivity contribution is 0.0459. The van der Waals surface area contributed by atoms with E-state index in [2.05, 4.69) is 86.8 Å². The second-order valence-corrected chi connectivity index (χ2v) is 10.3. The normalized spacial score (nSPS) is 21.6. The Balaban J connectivity index is 1.56. The van der Waals surface area contributed by atoms with Crippen LogP contribution in [0, 0.1) is 16.7 Å². The fourth-order valence-electron chi connectivity index (χ4n) is 5.28. The molecule has 1 N–H and O–H groups in total. The summed E-state index contributed by atoms with van der Waals surface area (Å²) in [5.41, 5.74) is 3.10. The monoisotopic (exact) mass is 500 g/mol. The van der Waals surface area contributed by atoms with E-state index in [4.69, 9.17) is 0 Å². The molecule has 0 saturated heterocycles. The molecule has 1 unspecified atom stereocenters. The van der Waals surface area contributed by atoms with E-state index in [-0.39, 0.29) is 17.0 Å². The van der Waals surface area contributed by atoms with Gasteiger partial charge in [-0.15, -0.1) is 0 Å². The van der Waals surface area contributed by atoms with Crippen molar-refractivity contribution in [1.29, 1.82) is 5.26 Å². The van der Waals surface area contributed by atoms with E-state index in [0.717, 1.165) is 25.7 Å². The summed E-state index contributed by atoms with van der Waals surface area (Å²) in [6.07, 6.45) is 7.31. The first kappa shape index (κ1) is 25.8. The molecular weight excluding hydrogens is 467 g/mol. The molecule has 7 nitrogen and oxygen atoms in total. The van der Waals surface area contributed by atoms with Crippen molar-refractivity contribution in [2.24, 2.45) is 5.41 Å². The number of carbonyl (C=O) groups excluding carboxylic acids is 1. The van der Waals surface area contributed by atoms with Gasteiger partial charge in [0.25, 0.3) is 0 Å². The molecule has 0 aliphatic heterocycles. The summed E-state index contributed by atoms with van der Waals surface area (Å²) in [5.74, 6) is 0.463. The number of amides is 2. The van der Waals surface area contributed by atoms with Gasteiger partial charge in [0.2, 0.25) is 0 Å². The van der Waals surface area contributed by atoms with Gasteiger partial charge in [-0.1, -0.05) is 49.4 Å². The molecular formula is C28H33N6OP. The number of urea groups is 1. The van der Waals surface area contributed by atoms with Gasteiger partial charge < -0.3 is 5.09 Å². The van der Waals surface area contributed by atoms with Gasteiger partial charge >= 0.3 is 6.03 Å². The quantitative estimate of drug-likeness (QED) is 0.461. The average molecular weight is 501 g/mol. The van der Waals surface area contributed by atoms with Crippen molar-refractivity contribution in [3.63, 3.8) is 0 Å². The third-order valence-electron chi connectivity index (χ3n) is 7.60. The van der Waals surface area contributed by atoms with E-state index >= 15 is 0 Å². The summed E-state index contributed by atoms with van der Waals surface area (Å²) in [5, 5.41) is 12.1. The van der Waals surface area contributed by atoms with Crippen LogP contribution in [0.1, 0.15) is 43.7 Å². The first-order chi connectivity index (χ1) is 17.3. The lowest BCUT2D eigenvalue weighted by atomic mass is 9.65. The molecule has 3 aromatic rings. The highest BCUT2D eigenvalue weighted by Crippen LogP contribution is 2.48. The summed E-state index contributed by atoms with van der Waals surface area (Å²) in [6, 6.07) is 19.9. The second-order valence-electron chi connectivity index (χ2n) is 10.1. The number of nitriles is 1. The first-order valence-corrected chi connectivity index (χ1v) is 12.7.